The zero-order valence-electron chi connectivity index (χ0n) is 8.10. The summed E-state index contributed by atoms with van der Waals surface area (Å²) in [6, 6.07) is 1.38. The van der Waals surface area contributed by atoms with Gasteiger partial charge in [-0.25, -0.2) is 0 Å². The maximum atomic E-state index is 11.0. The fourth-order valence-corrected chi connectivity index (χ4v) is 1.13. The Morgan fingerprint density at radius 3 is 2.60 bits per heavy atom. The largest absolute Gasteiger partial charge is 0.385 e. The van der Waals surface area contributed by atoms with E-state index >= 15 is 0 Å². The van der Waals surface area contributed by atoms with E-state index in [9.17, 15) is 19.8 Å². The van der Waals surface area contributed by atoms with Gasteiger partial charge in [-0.05, 0) is 13.0 Å². The Kier molecular flexibility index (Phi) is 3.23. The molecule has 1 amide bonds. The third-order valence-electron chi connectivity index (χ3n) is 2.04. The minimum Gasteiger partial charge on any atom is -0.385 e. The van der Waals surface area contributed by atoms with Crippen LogP contribution in [0.5, 0.6) is 0 Å². The number of pyridine rings is 1. The molecule has 82 valence electrons. The summed E-state index contributed by atoms with van der Waals surface area (Å²) in [5.74, 6) is -1.02. The van der Waals surface area contributed by atoms with Gasteiger partial charge in [0, 0.05) is 17.3 Å². The number of primary amides is 1. The number of hydrogen-bond donors (Lipinski definition) is 4. The number of hydrogen-bond acceptors (Lipinski definition) is 4. The van der Waals surface area contributed by atoms with Crippen LogP contribution in [-0.4, -0.2) is 27.2 Å². The van der Waals surface area contributed by atoms with Gasteiger partial charge >= 0.3 is 0 Å². The van der Waals surface area contributed by atoms with Crippen molar-refractivity contribution in [2.24, 2.45) is 5.73 Å². The highest BCUT2D eigenvalue weighted by Gasteiger charge is 2.23. The molecule has 6 heteroatoms. The van der Waals surface area contributed by atoms with Crippen LogP contribution in [0.4, 0.5) is 0 Å². The monoisotopic (exact) mass is 212 g/mol. The molecule has 0 saturated carbocycles. The number of rotatable bonds is 3. The average Bonchev–Trinajstić information content (AvgIpc) is 2.19. The number of aliphatic hydroxyl groups is 2. The van der Waals surface area contributed by atoms with E-state index < -0.39 is 18.1 Å². The smallest absolute Gasteiger partial charge is 0.250 e. The number of amides is 1. The lowest BCUT2D eigenvalue weighted by Crippen LogP contribution is -2.34. The lowest BCUT2D eigenvalue weighted by atomic mass is 10.0. The van der Waals surface area contributed by atoms with Crippen molar-refractivity contribution in [2.75, 3.05) is 0 Å². The predicted molar refractivity (Wildman–Crippen MR) is 52.0 cm³/mol. The first kappa shape index (κ1) is 11.4. The topological polar surface area (TPSA) is 116 Å². The van der Waals surface area contributed by atoms with E-state index in [2.05, 4.69) is 4.98 Å². The summed E-state index contributed by atoms with van der Waals surface area (Å²) in [4.78, 5) is 24.0. The second-order valence-corrected chi connectivity index (χ2v) is 3.24. The number of aromatic amines is 1. The molecular formula is C9H12N2O4. The van der Waals surface area contributed by atoms with Gasteiger partial charge < -0.3 is 20.9 Å². The fraction of sp³-hybridized carbons (Fsp3) is 0.333. The molecule has 0 fully saturated rings. The zero-order chi connectivity index (χ0) is 11.6. The van der Waals surface area contributed by atoms with Gasteiger partial charge in [-0.15, -0.1) is 0 Å². The van der Waals surface area contributed by atoms with Gasteiger partial charge in [-0.3, -0.25) is 9.59 Å². The van der Waals surface area contributed by atoms with Crippen LogP contribution in [0, 0.1) is 6.92 Å². The van der Waals surface area contributed by atoms with Gasteiger partial charge in [-0.2, -0.15) is 0 Å². The zero-order valence-corrected chi connectivity index (χ0v) is 8.10. The molecule has 0 radical (unpaired) electrons. The molecule has 1 rings (SSSR count). The highest BCUT2D eigenvalue weighted by Crippen LogP contribution is 2.15. The van der Waals surface area contributed by atoms with Crippen LogP contribution in [0.3, 0.4) is 0 Å². The first-order valence-corrected chi connectivity index (χ1v) is 4.28. The van der Waals surface area contributed by atoms with Crippen LogP contribution in [0.2, 0.25) is 0 Å². The molecule has 0 aliphatic carbocycles. The normalized spacial score (nSPS) is 14.6. The Balaban J connectivity index is 3.01. The summed E-state index contributed by atoms with van der Waals surface area (Å²) in [7, 11) is 0. The van der Waals surface area contributed by atoms with Crippen molar-refractivity contribution in [3.8, 4) is 0 Å². The van der Waals surface area contributed by atoms with E-state index in [1.165, 1.54) is 12.3 Å². The van der Waals surface area contributed by atoms with E-state index in [1.54, 1.807) is 6.92 Å². The van der Waals surface area contributed by atoms with Gasteiger partial charge in [0.05, 0.1) is 0 Å². The molecule has 6 nitrogen and oxygen atoms in total. The lowest BCUT2D eigenvalue weighted by Gasteiger charge is -2.14. The summed E-state index contributed by atoms with van der Waals surface area (Å²) in [6.07, 6.45) is -1.89. The molecule has 5 N–H and O–H groups in total. The average molecular weight is 212 g/mol. The molecular weight excluding hydrogens is 200 g/mol. The summed E-state index contributed by atoms with van der Waals surface area (Å²) in [6.45, 7) is 1.55. The Morgan fingerprint density at radius 2 is 2.13 bits per heavy atom. The molecule has 0 spiro atoms. The van der Waals surface area contributed by atoms with Crippen molar-refractivity contribution in [1.82, 2.24) is 4.98 Å². The minimum atomic E-state index is -1.68. The minimum absolute atomic E-state index is 0.235. The van der Waals surface area contributed by atoms with Crippen LogP contribution in [0.25, 0.3) is 0 Å². The first-order valence-electron chi connectivity index (χ1n) is 4.28. The Labute approximate surface area is 85.4 Å². The van der Waals surface area contributed by atoms with E-state index in [4.69, 9.17) is 5.73 Å². The molecule has 0 aliphatic heterocycles. The molecule has 0 aromatic carbocycles. The molecule has 0 bridgehead atoms. The SMILES string of the molecule is Cc1cc(C(O)C(O)C(N)=O)c[nH]c1=O. The van der Waals surface area contributed by atoms with Crippen LogP contribution in [0.1, 0.15) is 17.2 Å². The van der Waals surface area contributed by atoms with Crippen LogP contribution in [0.15, 0.2) is 17.1 Å². The molecule has 0 saturated heterocycles. The maximum absolute atomic E-state index is 11.0. The van der Waals surface area contributed by atoms with Gasteiger partial charge in [0.1, 0.15) is 6.10 Å². The molecule has 1 aromatic rings. The first-order chi connectivity index (χ1) is 6.93. The van der Waals surface area contributed by atoms with E-state index in [0.717, 1.165) is 0 Å². The Hall–Kier alpha value is -1.66. The molecule has 1 heterocycles. The van der Waals surface area contributed by atoms with Crippen molar-refractivity contribution < 1.29 is 15.0 Å². The number of H-pyrrole nitrogens is 1. The highest BCUT2D eigenvalue weighted by atomic mass is 16.3. The molecule has 1 aromatic heterocycles. The highest BCUT2D eigenvalue weighted by molar-refractivity contribution is 5.79. The molecule has 2 unspecified atom stereocenters. The second kappa shape index (κ2) is 4.24. The standard InChI is InChI=1S/C9H12N2O4/c1-4-2-5(3-11-9(4)15)6(12)7(13)8(10)14/h2-3,6-7,12-13H,1H3,(H2,10,14)(H,11,15). The Morgan fingerprint density at radius 1 is 1.53 bits per heavy atom. The number of nitrogens with two attached hydrogens (primary N) is 1. The number of carbonyl (C=O) groups is 1. The van der Waals surface area contributed by atoms with Crippen LogP contribution in [-0.2, 0) is 4.79 Å². The predicted octanol–water partition coefficient (Wildman–Crippen LogP) is -1.44. The quantitative estimate of drug-likeness (QED) is 0.491. The fourth-order valence-electron chi connectivity index (χ4n) is 1.13. The van der Waals surface area contributed by atoms with Crippen molar-refractivity contribution in [2.45, 2.75) is 19.1 Å². The van der Waals surface area contributed by atoms with Crippen molar-refractivity contribution in [3.63, 3.8) is 0 Å². The number of nitrogens with one attached hydrogen (secondary N) is 1. The third kappa shape index (κ3) is 2.42. The van der Waals surface area contributed by atoms with Gasteiger partial charge in [0.15, 0.2) is 6.10 Å². The van der Waals surface area contributed by atoms with Crippen molar-refractivity contribution in [3.05, 3.63) is 33.7 Å². The van der Waals surface area contributed by atoms with Gasteiger partial charge in [0.2, 0.25) is 5.91 Å². The summed E-state index contributed by atoms with van der Waals surface area (Å²) < 4.78 is 0. The van der Waals surface area contributed by atoms with Gasteiger partial charge in [0.25, 0.3) is 5.56 Å². The summed E-state index contributed by atoms with van der Waals surface area (Å²) >= 11 is 0. The summed E-state index contributed by atoms with van der Waals surface area (Å²) in [5.41, 5.74) is 5.14. The van der Waals surface area contributed by atoms with Crippen LogP contribution < -0.4 is 11.3 Å². The number of aliphatic hydroxyl groups excluding tert-OH is 2. The third-order valence-corrected chi connectivity index (χ3v) is 2.04. The van der Waals surface area contributed by atoms with Crippen molar-refractivity contribution in [1.29, 1.82) is 0 Å². The molecule has 0 aliphatic rings. The number of aromatic nitrogens is 1. The summed E-state index contributed by atoms with van der Waals surface area (Å²) in [5, 5.41) is 18.7. The second-order valence-electron chi connectivity index (χ2n) is 3.24. The molecule has 15 heavy (non-hydrogen) atoms. The molecule has 2 atom stereocenters. The van der Waals surface area contributed by atoms with E-state index in [1.807, 2.05) is 0 Å². The van der Waals surface area contributed by atoms with Crippen molar-refractivity contribution >= 4 is 5.91 Å². The maximum Gasteiger partial charge on any atom is 0.250 e. The van der Waals surface area contributed by atoms with Crippen LogP contribution >= 0.6 is 0 Å². The van der Waals surface area contributed by atoms with E-state index in [0.29, 0.717) is 5.56 Å². The lowest BCUT2D eigenvalue weighted by molar-refractivity contribution is -0.131. The number of carbonyl (C=O) groups excluding carboxylic acids is 1. The Bertz CT molecular complexity index is 426. The number of aryl methyl sites for hydroxylation is 1. The van der Waals surface area contributed by atoms with Gasteiger partial charge in [-0.1, -0.05) is 0 Å². The van der Waals surface area contributed by atoms with E-state index in [-0.39, 0.29) is 11.1 Å².